The quantitative estimate of drug-likeness (QED) is 0.373. The fourth-order valence-electron chi connectivity index (χ4n) is 2.65. The summed E-state index contributed by atoms with van der Waals surface area (Å²) >= 11 is 0. The second kappa shape index (κ2) is 13.1. The van der Waals surface area contributed by atoms with Crippen LogP contribution < -0.4 is 0 Å². The molecule has 108 valence electrons. The van der Waals surface area contributed by atoms with Crippen molar-refractivity contribution in [1.82, 2.24) is 0 Å². The van der Waals surface area contributed by atoms with E-state index in [2.05, 4.69) is 13.8 Å². The monoisotopic (exact) mass is 254 g/mol. The molecule has 0 amide bonds. The molecule has 0 aliphatic rings. The second-order valence-electron chi connectivity index (χ2n) is 5.82. The van der Waals surface area contributed by atoms with Crippen molar-refractivity contribution < 1.29 is 4.79 Å². The average molecular weight is 254 g/mol. The summed E-state index contributed by atoms with van der Waals surface area (Å²) in [6.45, 7) is 6.25. The standard InChI is InChI=1S/C17H34O/c1-4-6-8-10-12-14-17(15-16(3)18)13-11-9-7-5-2/h17H,4-15H2,1-3H3. The van der Waals surface area contributed by atoms with Gasteiger partial charge in [-0.2, -0.15) is 0 Å². The summed E-state index contributed by atoms with van der Waals surface area (Å²) in [5.74, 6) is 1.05. The van der Waals surface area contributed by atoms with Crippen molar-refractivity contribution in [3.63, 3.8) is 0 Å². The largest absolute Gasteiger partial charge is 0.300 e. The first-order valence-corrected chi connectivity index (χ1v) is 8.20. The number of hydrogen-bond donors (Lipinski definition) is 0. The van der Waals surface area contributed by atoms with E-state index in [-0.39, 0.29) is 0 Å². The topological polar surface area (TPSA) is 17.1 Å². The zero-order valence-corrected chi connectivity index (χ0v) is 13.0. The highest BCUT2D eigenvalue weighted by Gasteiger charge is 2.10. The van der Waals surface area contributed by atoms with Gasteiger partial charge in [0.05, 0.1) is 0 Å². The van der Waals surface area contributed by atoms with Crippen LogP contribution in [0, 0.1) is 5.92 Å². The molecule has 0 N–H and O–H groups in total. The minimum atomic E-state index is 0.379. The highest BCUT2D eigenvalue weighted by molar-refractivity contribution is 5.75. The van der Waals surface area contributed by atoms with Gasteiger partial charge in [-0.05, 0) is 12.8 Å². The van der Waals surface area contributed by atoms with E-state index in [1.165, 1.54) is 70.6 Å². The number of rotatable bonds is 13. The van der Waals surface area contributed by atoms with Gasteiger partial charge in [0.1, 0.15) is 5.78 Å². The number of ketones is 1. The van der Waals surface area contributed by atoms with Gasteiger partial charge in [-0.25, -0.2) is 0 Å². The Bertz CT molecular complexity index is 186. The third-order valence-corrected chi connectivity index (χ3v) is 3.76. The maximum Gasteiger partial charge on any atom is 0.130 e. The third-order valence-electron chi connectivity index (χ3n) is 3.76. The molecule has 1 heteroatoms. The summed E-state index contributed by atoms with van der Waals surface area (Å²) in [5.41, 5.74) is 0. The van der Waals surface area contributed by atoms with Crippen LogP contribution in [0.15, 0.2) is 0 Å². The van der Waals surface area contributed by atoms with Crippen molar-refractivity contribution in [3.8, 4) is 0 Å². The number of carbonyl (C=O) groups excluding carboxylic acids is 1. The lowest BCUT2D eigenvalue weighted by molar-refractivity contribution is -0.118. The minimum Gasteiger partial charge on any atom is -0.300 e. The Kier molecular flexibility index (Phi) is 12.9. The Hall–Kier alpha value is -0.330. The second-order valence-corrected chi connectivity index (χ2v) is 5.82. The Morgan fingerprint density at radius 2 is 1.22 bits per heavy atom. The molecule has 0 aliphatic carbocycles. The summed E-state index contributed by atoms with van der Waals surface area (Å²) in [6, 6.07) is 0. The lowest BCUT2D eigenvalue weighted by Gasteiger charge is -2.15. The summed E-state index contributed by atoms with van der Waals surface area (Å²) in [4.78, 5) is 11.3. The van der Waals surface area contributed by atoms with Gasteiger partial charge in [0.25, 0.3) is 0 Å². The molecule has 0 aromatic heterocycles. The molecule has 0 rings (SSSR count). The van der Waals surface area contributed by atoms with Gasteiger partial charge in [-0.15, -0.1) is 0 Å². The lowest BCUT2D eigenvalue weighted by Crippen LogP contribution is -2.06. The highest BCUT2D eigenvalue weighted by Crippen LogP contribution is 2.21. The smallest absolute Gasteiger partial charge is 0.130 e. The van der Waals surface area contributed by atoms with Gasteiger partial charge in [0, 0.05) is 6.42 Å². The number of unbranched alkanes of at least 4 members (excludes halogenated alkanes) is 7. The summed E-state index contributed by atoms with van der Waals surface area (Å²) in [5, 5.41) is 0. The maximum absolute atomic E-state index is 11.3. The zero-order chi connectivity index (χ0) is 13.6. The van der Waals surface area contributed by atoms with Gasteiger partial charge in [0.15, 0.2) is 0 Å². The van der Waals surface area contributed by atoms with E-state index in [1.807, 2.05) is 0 Å². The number of Topliss-reactive ketones (excluding diaryl/α,β-unsaturated/α-hetero) is 1. The molecule has 0 aromatic carbocycles. The Balaban J connectivity index is 3.66. The van der Waals surface area contributed by atoms with Gasteiger partial charge >= 0.3 is 0 Å². The first-order chi connectivity index (χ1) is 8.70. The van der Waals surface area contributed by atoms with Gasteiger partial charge in [-0.1, -0.05) is 84.5 Å². The molecular weight excluding hydrogens is 220 g/mol. The molecule has 0 saturated heterocycles. The molecule has 0 radical (unpaired) electrons. The van der Waals surface area contributed by atoms with Crippen LogP contribution in [0.5, 0.6) is 0 Å². The molecule has 0 aliphatic heterocycles. The Labute approximate surface area is 115 Å². The fraction of sp³-hybridized carbons (Fsp3) is 0.941. The van der Waals surface area contributed by atoms with E-state index < -0.39 is 0 Å². The van der Waals surface area contributed by atoms with Crippen molar-refractivity contribution in [2.24, 2.45) is 5.92 Å². The van der Waals surface area contributed by atoms with Gasteiger partial charge in [-0.3, -0.25) is 0 Å². The molecule has 0 bridgehead atoms. The molecule has 18 heavy (non-hydrogen) atoms. The summed E-state index contributed by atoms with van der Waals surface area (Å²) in [6.07, 6.45) is 15.4. The zero-order valence-electron chi connectivity index (χ0n) is 13.0. The first kappa shape index (κ1) is 17.7. The average Bonchev–Trinajstić information content (AvgIpc) is 2.33. The molecule has 1 nitrogen and oxygen atoms in total. The normalized spacial score (nSPS) is 12.6. The van der Waals surface area contributed by atoms with Crippen molar-refractivity contribution in [3.05, 3.63) is 0 Å². The Morgan fingerprint density at radius 3 is 1.67 bits per heavy atom. The molecule has 1 unspecified atom stereocenters. The van der Waals surface area contributed by atoms with Crippen molar-refractivity contribution in [2.75, 3.05) is 0 Å². The highest BCUT2D eigenvalue weighted by atomic mass is 16.1. The lowest BCUT2D eigenvalue weighted by atomic mass is 9.90. The number of hydrogen-bond acceptors (Lipinski definition) is 1. The Morgan fingerprint density at radius 1 is 0.778 bits per heavy atom. The van der Waals surface area contributed by atoms with Crippen LogP contribution in [0.4, 0.5) is 0 Å². The van der Waals surface area contributed by atoms with Gasteiger partial charge in [0.2, 0.25) is 0 Å². The maximum atomic E-state index is 11.3. The molecule has 0 spiro atoms. The van der Waals surface area contributed by atoms with Crippen molar-refractivity contribution in [1.29, 1.82) is 0 Å². The van der Waals surface area contributed by atoms with Crippen molar-refractivity contribution >= 4 is 5.78 Å². The van der Waals surface area contributed by atoms with E-state index >= 15 is 0 Å². The van der Waals surface area contributed by atoms with Gasteiger partial charge < -0.3 is 4.79 Å². The summed E-state index contributed by atoms with van der Waals surface area (Å²) < 4.78 is 0. The van der Waals surface area contributed by atoms with Crippen LogP contribution in [0.25, 0.3) is 0 Å². The van der Waals surface area contributed by atoms with Crippen LogP contribution in [-0.4, -0.2) is 5.78 Å². The predicted octanol–water partition coefficient (Wildman–Crippen LogP) is 5.91. The predicted molar refractivity (Wildman–Crippen MR) is 80.9 cm³/mol. The third kappa shape index (κ3) is 12.1. The molecular formula is C17H34O. The molecule has 1 atom stereocenters. The number of carbonyl (C=O) groups is 1. The molecule has 0 aromatic rings. The van der Waals surface area contributed by atoms with Crippen LogP contribution in [0.2, 0.25) is 0 Å². The minimum absolute atomic E-state index is 0.379. The van der Waals surface area contributed by atoms with Crippen LogP contribution in [0.1, 0.15) is 97.8 Å². The summed E-state index contributed by atoms with van der Waals surface area (Å²) in [7, 11) is 0. The van der Waals surface area contributed by atoms with E-state index in [0.29, 0.717) is 11.7 Å². The van der Waals surface area contributed by atoms with Crippen molar-refractivity contribution in [2.45, 2.75) is 97.8 Å². The molecule has 0 saturated carbocycles. The van der Waals surface area contributed by atoms with E-state index in [9.17, 15) is 4.79 Å². The van der Waals surface area contributed by atoms with E-state index in [1.54, 1.807) is 6.92 Å². The van der Waals surface area contributed by atoms with Crippen LogP contribution in [-0.2, 0) is 4.79 Å². The van der Waals surface area contributed by atoms with Crippen LogP contribution >= 0.6 is 0 Å². The fourth-order valence-corrected chi connectivity index (χ4v) is 2.65. The van der Waals surface area contributed by atoms with E-state index in [4.69, 9.17) is 0 Å². The first-order valence-electron chi connectivity index (χ1n) is 8.20. The molecule has 0 heterocycles. The van der Waals surface area contributed by atoms with E-state index in [0.717, 1.165) is 6.42 Å². The SMILES string of the molecule is CCCCCCCC(CCCCCC)CC(C)=O. The van der Waals surface area contributed by atoms with Crippen LogP contribution in [0.3, 0.4) is 0 Å². The molecule has 0 fully saturated rings.